The Morgan fingerprint density at radius 2 is 1.51 bits per heavy atom. The van der Waals surface area contributed by atoms with Crippen molar-refractivity contribution in [1.82, 2.24) is 20.9 Å². The number of aliphatic carboxylic acids is 1. The van der Waals surface area contributed by atoms with E-state index in [1.165, 1.54) is 0 Å². The lowest BCUT2D eigenvalue weighted by atomic mass is 9.99. The number of carboxylic acid groups (broad SMARTS) is 1. The van der Waals surface area contributed by atoms with Crippen molar-refractivity contribution in [3.05, 3.63) is 71.9 Å². The van der Waals surface area contributed by atoms with Gasteiger partial charge in [0.05, 0.1) is 6.04 Å². The third kappa shape index (κ3) is 8.08. The third-order valence-electron chi connectivity index (χ3n) is 6.41. The summed E-state index contributed by atoms with van der Waals surface area (Å²) >= 11 is 4.05. The molecule has 0 aliphatic carbocycles. The van der Waals surface area contributed by atoms with Gasteiger partial charge in [0, 0.05) is 35.7 Å². The summed E-state index contributed by atoms with van der Waals surface area (Å²) in [5.41, 5.74) is 8.19. The molecule has 4 unspecified atom stereocenters. The highest BCUT2D eigenvalue weighted by Crippen LogP contribution is 2.19. The molecule has 7 N–H and O–H groups in total. The van der Waals surface area contributed by atoms with Crippen LogP contribution in [0.4, 0.5) is 0 Å². The van der Waals surface area contributed by atoms with Gasteiger partial charge in [-0.25, -0.2) is 4.79 Å². The molecule has 0 saturated heterocycles. The third-order valence-corrected chi connectivity index (χ3v) is 6.80. The lowest BCUT2D eigenvalue weighted by Crippen LogP contribution is -2.59. The number of rotatable bonds is 13. The van der Waals surface area contributed by atoms with Crippen molar-refractivity contribution in [3.63, 3.8) is 0 Å². The molecule has 0 aliphatic heterocycles. The molecular weight excluding hydrogens is 518 g/mol. The fourth-order valence-corrected chi connectivity index (χ4v) is 4.36. The van der Waals surface area contributed by atoms with E-state index in [0.717, 1.165) is 22.0 Å². The van der Waals surface area contributed by atoms with E-state index in [1.807, 2.05) is 54.6 Å². The maximum Gasteiger partial charge on any atom is 0.326 e. The van der Waals surface area contributed by atoms with Gasteiger partial charge in [-0.2, -0.15) is 12.6 Å². The highest BCUT2D eigenvalue weighted by atomic mass is 32.1. The van der Waals surface area contributed by atoms with Crippen LogP contribution in [0.15, 0.2) is 60.8 Å². The molecule has 0 fully saturated rings. The largest absolute Gasteiger partial charge is 0.480 e. The minimum atomic E-state index is -1.22. The molecule has 3 rings (SSSR count). The van der Waals surface area contributed by atoms with E-state index < -0.39 is 47.9 Å². The zero-order valence-corrected chi connectivity index (χ0v) is 22.8. The van der Waals surface area contributed by atoms with E-state index in [-0.39, 0.29) is 24.5 Å². The number of aromatic nitrogens is 1. The lowest BCUT2D eigenvalue weighted by molar-refractivity contribution is -0.142. The van der Waals surface area contributed by atoms with Crippen molar-refractivity contribution in [2.24, 2.45) is 11.7 Å². The number of H-pyrrole nitrogens is 1. The maximum atomic E-state index is 13.3. The molecule has 11 heteroatoms. The molecule has 1 aromatic heterocycles. The van der Waals surface area contributed by atoms with Crippen LogP contribution in [0.25, 0.3) is 10.9 Å². The number of hydrogen-bond acceptors (Lipinski definition) is 6. The number of nitrogens with two attached hydrogens (primary N) is 1. The van der Waals surface area contributed by atoms with E-state index in [0.29, 0.717) is 0 Å². The van der Waals surface area contributed by atoms with E-state index in [2.05, 4.69) is 33.6 Å². The second-order valence-corrected chi connectivity index (χ2v) is 10.1. The van der Waals surface area contributed by atoms with E-state index in [4.69, 9.17) is 5.73 Å². The van der Waals surface area contributed by atoms with Crippen molar-refractivity contribution in [2.45, 2.75) is 50.9 Å². The molecule has 10 nitrogen and oxygen atoms in total. The number of fused-ring (bicyclic) bond motifs is 1. The SMILES string of the molecule is CC(C)C(NC(=O)C(Cc1ccccc1)NC(=O)C(N)CS)C(=O)NC(Cc1c[nH]c2ccccc12)C(=O)O. The van der Waals surface area contributed by atoms with Crippen LogP contribution < -0.4 is 21.7 Å². The first-order valence-corrected chi connectivity index (χ1v) is 13.3. The molecular formula is C28H35N5O5S. The zero-order valence-electron chi connectivity index (χ0n) is 21.9. The number of carbonyl (C=O) groups is 4. The molecule has 208 valence electrons. The van der Waals surface area contributed by atoms with Crippen molar-refractivity contribution in [2.75, 3.05) is 5.75 Å². The number of amides is 3. The van der Waals surface area contributed by atoms with Crippen molar-refractivity contribution in [3.8, 4) is 0 Å². The van der Waals surface area contributed by atoms with Crippen LogP contribution in [0.1, 0.15) is 25.0 Å². The quantitative estimate of drug-likeness (QED) is 0.158. The predicted molar refractivity (Wildman–Crippen MR) is 152 cm³/mol. The van der Waals surface area contributed by atoms with Crippen LogP contribution in [0.2, 0.25) is 0 Å². The number of para-hydroxylation sites is 1. The van der Waals surface area contributed by atoms with E-state index in [9.17, 15) is 24.3 Å². The van der Waals surface area contributed by atoms with E-state index in [1.54, 1.807) is 20.0 Å². The Hall–Kier alpha value is -3.83. The molecule has 0 saturated carbocycles. The average molecular weight is 554 g/mol. The van der Waals surface area contributed by atoms with Gasteiger partial charge in [0.2, 0.25) is 17.7 Å². The first-order valence-electron chi connectivity index (χ1n) is 12.7. The van der Waals surface area contributed by atoms with Gasteiger partial charge in [0.1, 0.15) is 18.1 Å². The van der Waals surface area contributed by atoms with Crippen molar-refractivity contribution < 1.29 is 24.3 Å². The van der Waals surface area contributed by atoms with Gasteiger partial charge in [-0.1, -0.05) is 62.4 Å². The average Bonchev–Trinajstić information content (AvgIpc) is 3.33. The van der Waals surface area contributed by atoms with E-state index >= 15 is 0 Å². The van der Waals surface area contributed by atoms with Crippen LogP contribution >= 0.6 is 12.6 Å². The summed E-state index contributed by atoms with van der Waals surface area (Å²) in [6, 6.07) is 12.4. The van der Waals surface area contributed by atoms with Crippen molar-refractivity contribution >= 4 is 47.2 Å². The fourth-order valence-electron chi connectivity index (χ4n) is 4.19. The summed E-state index contributed by atoms with van der Waals surface area (Å²) in [5.74, 6) is -3.24. The summed E-state index contributed by atoms with van der Waals surface area (Å²) < 4.78 is 0. The summed E-state index contributed by atoms with van der Waals surface area (Å²) in [7, 11) is 0. The highest BCUT2D eigenvalue weighted by molar-refractivity contribution is 7.80. The highest BCUT2D eigenvalue weighted by Gasteiger charge is 2.32. The van der Waals surface area contributed by atoms with Gasteiger partial charge in [-0.3, -0.25) is 14.4 Å². The molecule has 1 heterocycles. The number of carbonyl (C=O) groups excluding carboxylic acids is 3. The smallest absolute Gasteiger partial charge is 0.326 e. The Kier molecular flexibility index (Phi) is 10.5. The molecule has 0 spiro atoms. The first kappa shape index (κ1) is 29.7. The number of thiol groups is 1. The normalized spacial score (nSPS) is 14.3. The van der Waals surface area contributed by atoms with Gasteiger partial charge in [0.15, 0.2) is 0 Å². The molecule has 4 atom stereocenters. The second-order valence-electron chi connectivity index (χ2n) is 9.73. The number of benzene rings is 2. The van der Waals surface area contributed by atoms with Gasteiger partial charge >= 0.3 is 5.97 Å². The summed E-state index contributed by atoms with van der Waals surface area (Å²) in [6.45, 7) is 3.48. The Balaban J connectivity index is 1.75. The predicted octanol–water partition coefficient (Wildman–Crippen LogP) is 1.41. The Labute approximate surface area is 232 Å². The monoisotopic (exact) mass is 553 g/mol. The van der Waals surface area contributed by atoms with Gasteiger partial charge < -0.3 is 31.8 Å². The van der Waals surface area contributed by atoms with Crippen LogP contribution in [0.3, 0.4) is 0 Å². The molecule has 0 radical (unpaired) electrons. The molecule has 0 aliphatic rings. The molecule has 2 aromatic carbocycles. The summed E-state index contributed by atoms with van der Waals surface area (Å²) in [4.78, 5) is 54.3. The minimum absolute atomic E-state index is 0.0537. The second kappa shape index (κ2) is 13.8. The standard InChI is InChI=1S/C28H35N5O5S/c1-16(2)24(27(36)32-23(28(37)38)13-18-14-30-21-11-7-6-10-19(18)21)33-26(35)22(31-25(34)20(29)15-39)12-17-8-4-3-5-9-17/h3-11,14,16,20,22-24,30,39H,12-13,15,29H2,1-2H3,(H,31,34)(H,32,36)(H,33,35)(H,37,38). The molecule has 0 bridgehead atoms. The summed E-state index contributed by atoms with van der Waals surface area (Å²) in [5, 5.41) is 18.6. The van der Waals surface area contributed by atoms with Crippen LogP contribution in [0.5, 0.6) is 0 Å². The fraction of sp³-hybridized carbons (Fsp3) is 0.357. The lowest BCUT2D eigenvalue weighted by Gasteiger charge is -2.27. The maximum absolute atomic E-state index is 13.3. The first-order chi connectivity index (χ1) is 18.6. The minimum Gasteiger partial charge on any atom is -0.480 e. The van der Waals surface area contributed by atoms with Gasteiger partial charge in [0.25, 0.3) is 0 Å². The Morgan fingerprint density at radius 3 is 2.15 bits per heavy atom. The van der Waals surface area contributed by atoms with Gasteiger partial charge in [-0.15, -0.1) is 0 Å². The topological polar surface area (TPSA) is 166 Å². The Morgan fingerprint density at radius 1 is 0.872 bits per heavy atom. The number of hydrogen-bond donors (Lipinski definition) is 7. The molecule has 3 amide bonds. The van der Waals surface area contributed by atoms with Gasteiger partial charge in [-0.05, 0) is 23.1 Å². The Bertz CT molecular complexity index is 1300. The van der Waals surface area contributed by atoms with Crippen LogP contribution in [-0.2, 0) is 32.0 Å². The number of nitrogens with one attached hydrogen (secondary N) is 4. The van der Waals surface area contributed by atoms with Crippen LogP contribution in [0, 0.1) is 5.92 Å². The van der Waals surface area contributed by atoms with Crippen molar-refractivity contribution in [1.29, 1.82) is 0 Å². The molecule has 39 heavy (non-hydrogen) atoms. The summed E-state index contributed by atoms with van der Waals surface area (Å²) in [6.07, 6.45) is 1.95. The zero-order chi connectivity index (χ0) is 28.5. The molecule has 3 aromatic rings. The number of carboxylic acids is 1. The number of aromatic amines is 1. The van der Waals surface area contributed by atoms with Crippen LogP contribution in [-0.4, -0.2) is 63.7 Å².